The molecule has 0 aromatic heterocycles. The van der Waals surface area contributed by atoms with Crippen LogP contribution in [0.1, 0.15) is 46.0 Å². The zero-order chi connectivity index (χ0) is 13.3. The molecule has 0 bridgehead atoms. The first-order valence-electron chi connectivity index (χ1n) is 7.11. The maximum atomic E-state index is 11.7. The second-order valence-corrected chi connectivity index (χ2v) is 6.14. The summed E-state index contributed by atoms with van der Waals surface area (Å²) in [5, 5.41) is 0. The summed E-state index contributed by atoms with van der Waals surface area (Å²) in [4.78, 5) is 14.3. The van der Waals surface area contributed by atoms with Gasteiger partial charge in [-0.05, 0) is 51.5 Å². The molecule has 0 aromatic rings. The molecule has 0 amide bonds. The van der Waals surface area contributed by atoms with Crippen molar-refractivity contribution >= 4 is 5.97 Å². The SMILES string of the molecule is COC(=O)C1(N)CCC(N2CCCC(C)C2C)C1. The largest absolute Gasteiger partial charge is 0.468 e. The van der Waals surface area contributed by atoms with Crippen molar-refractivity contribution in [2.24, 2.45) is 11.7 Å². The highest BCUT2D eigenvalue weighted by Crippen LogP contribution is 2.36. The number of ether oxygens (including phenoxy) is 1. The fourth-order valence-corrected chi connectivity index (χ4v) is 3.60. The molecule has 1 saturated carbocycles. The molecule has 2 fully saturated rings. The van der Waals surface area contributed by atoms with Crippen molar-refractivity contribution in [2.75, 3.05) is 13.7 Å². The van der Waals surface area contributed by atoms with E-state index >= 15 is 0 Å². The second-order valence-electron chi connectivity index (χ2n) is 6.14. The normalized spacial score (nSPS) is 41.9. The highest BCUT2D eigenvalue weighted by Gasteiger charge is 2.46. The molecule has 2 rings (SSSR count). The molecule has 1 aliphatic carbocycles. The third-order valence-electron chi connectivity index (χ3n) is 5.01. The Kier molecular flexibility index (Phi) is 3.97. The Labute approximate surface area is 110 Å². The van der Waals surface area contributed by atoms with Gasteiger partial charge < -0.3 is 10.5 Å². The minimum absolute atomic E-state index is 0.247. The van der Waals surface area contributed by atoms with Gasteiger partial charge in [0.2, 0.25) is 0 Å². The number of rotatable bonds is 2. The number of carbonyl (C=O) groups excluding carboxylic acids is 1. The van der Waals surface area contributed by atoms with Crippen molar-refractivity contribution in [1.29, 1.82) is 0 Å². The molecule has 4 unspecified atom stereocenters. The summed E-state index contributed by atoms with van der Waals surface area (Å²) >= 11 is 0. The van der Waals surface area contributed by atoms with Crippen LogP contribution in [-0.4, -0.2) is 42.1 Å². The minimum atomic E-state index is -0.750. The molecule has 1 heterocycles. The molecule has 2 aliphatic rings. The summed E-state index contributed by atoms with van der Waals surface area (Å²) in [5.41, 5.74) is 5.44. The second kappa shape index (κ2) is 5.17. The van der Waals surface area contributed by atoms with Crippen LogP contribution in [-0.2, 0) is 9.53 Å². The van der Waals surface area contributed by atoms with Crippen molar-refractivity contribution < 1.29 is 9.53 Å². The summed E-state index contributed by atoms with van der Waals surface area (Å²) in [5.74, 6) is 0.493. The number of methoxy groups -OCH3 is 1. The predicted molar refractivity (Wildman–Crippen MR) is 71.1 cm³/mol. The lowest BCUT2D eigenvalue weighted by Gasteiger charge is -2.42. The van der Waals surface area contributed by atoms with Crippen molar-refractivity contribution in [3.05, 3.63) is 0 Å². The van der Waals surface area contributed by atoms with Gasteiger partial charge in [0.15, 0.2) is 0 Å². The van der Waals surface area contributed by atoms with Crippen molar-refractivity contribution in [2.45, 2.75) is 63.6 Å². The Balaban J connectivity index is 2.02. The van der Waals surface area contributed by atoms with Crippen LogP contribution in [0.4, 0.5) is 0 Å². The number of hydrogen-bond donors (Lipinski definition) is 1. The standard InChI is InChI=1S/C14H26N2O2/c1-10-5-4-8-16(11(10)2)12-6-7-14(15,9-12)13(17)18-3/h10-12H,4-9,15H2,1-3H3. The van der Waals surface area contributed by atoms with Crippen LogP contribution in [0.25, 0.3) is 0 Å². The number of likely N-dealkylation sites (tertiary alicyclic amines) is 1. The van der Waals surface area contributed by atoms with Crippen molar-refractivity contribution in [3.63, 3.8) is 0 Å². The lowest BCUT2D eigenvalue weighted by atomic mass is 9.90. The van der Waals surface area contributed by atoms with Gasteiger partial charge in [0.25, 0.3) is 0 Å². The lowest BCUT2D eigenvalue weighted by molar-refractivity contribution is -0.147. The van der Waals surface area contributed by atoms with E-state index in [0.717, 1.165) is 31.7 Å². The third kappa shape index (κ3) is 2.41. The molecule has 4 heteroatoms. The Bertz CT molecular complexity index is 321. The van der Waals surface area contributed by atoms with Crippen LogP contribution in [0, 0.1) is 5.92 Å². The number of nitrogens with two attached hydrogens (primary N) is 1. The molecule has 4 atom stereocenters. The zero-order valence-corrected chi connectivity index (χ0v) is 11.8. The molecule has 0 radical (unpaired) electrons. The highest BCUT2D eigenvalue weighted by atomic mass is 16.5. The smallest absolute Gasteiger partial charge is 0.325 e. The molecule has 18 heavy (non-hydrogen) atoms. The summed E-state index contributed by atoms with van der Waals surface area (Å²) in [6.45, 7) is 5.77. The molecule has 104 valence electrons. The molecule has 1 saturated heterocycles. The number of hydrogen-bond acceptors (Lipinski definition) is 4. The first-order valence-corrected chi connectivity index (χ1v) is 7.11. The monoisotopic (exact) mass is 254 g/mol. The van der Waals surface area contributed by atoms with E-state index in [9.17, 15) is 4.79 Å². The predicted octanol–water partition coefficient (Wildman–Crippen LogP) is 1.53. The average Bonchev–Trinajstić information content (AvgIpc) is 2.75. The Hall–Kier alpha value is -0.610. The number of nitrogens with zero attached hydrogens (tertiary/aromatic N) is 1. The van der Waals surface area contributed by atoms with Crippen LogP contribution in [0.5, 0.6) is 0 Å². The molecule has 1 aliphatic heterocycles. The summed E-state index contributed by atoms with van der Waals surface area (Å²) in [7, 11) is 1.43. The number of esters is 1. The van der Waals surface area contributed by atoms with Gasteiger partial charge in [0, 0.05) is 12.1 Å². The van der Waals surface area contributed by atoms with Crippen LogP contribution in [0.3, 0.4) is 0 Å². The number of piperidine rings is 1. The van der Waals surface area contributed by atoms with Gasteiger partial charge >= 0.3 is 5.97 Å². The van der Waals surface area contributed by atoms with Gasteiger partial charge in [-0.15, -0.1) is 0 Å². The number of carbonyl (C=O) groups is 1. The molecule has 4 nitrogen and oxygen atoms in total. The van der Waals surface area contributed by atoms with Gasteiger partial charge in [-0.25, -0.2) is 0 Å². The topological polar surface area (TPSA) is 55.6 Å². The molecular formula is C14H26N2O2. The first kappa shape index (κ1) is 13.8. The zero-order valence-electron chi connectivity index (χ0n) is 11.8. The van der Waals surface area contributed by atoms with E-state index in [2.05, 4.69) is 18.7 Å². The molecular weight excluding hydrogens is 228 g/mol. The van der Waals surface area contributed by atoms with Crippen molar-refractivity contribution in [1.82, 2.24) is 4.90 Å². The van der Waals surface area contributed by atoms with Gasteiger partial charge in [0.1, 0.15) is 5.54 Å². The molecule has 0 aromatic carbocycles. The third-order valence-corrected chi connectivity index (χ3v) is 5.01. The molecule has 0 spiro atoms. The van der Waals surface area contributed by atoms with Gasteiger partial charge in [-0.3, -0.25) is 9.69 Å². The van der Waals surface area contributed by atoms with E-state index in [0.29, 0.717) is 12.1 Å². The highest BCUT2D eigenvalue weighted by molar-refractivity contribution is 5.81. The van der Waals surface area contributed by atoms with Crippen LogP contribution < -0.4 is 5.73 Å². The Morgan fingerprint density at radius 1 is 1.39 bits per heavy atom. The summed E-state index contributed by atoms with van der Waals surface area (Å²) < 4.78 is 4.84. The van der Waals surface area contributed by atoms with Gasteiger partial charge in [-0.2, -0.15) is 0 Å². The van der Waals surface area contributed by atoms with Gasteiger partial charge in [-0.1, -0.05) is 6.92 Å². The van der Waals surface area contributed by atoms with Crippen LogP contribution >= 0.6 is 0 Å². The van der Waals surface area contributed by atoms with E-state index in [1.807, 2.05) is 0 Å². The maximum absolute atomic E-state index is 11.7. The van der Waals surface area contributed by atoms with E-state index in [4.69, 9.17) is 10.5 Å². The van der Waals surface area contributed by atoms with E-state index < -0.39 is 5.54 Å². The van der Waals surface area contributed by atoms with Crippen LogP contribution in [0.15, 0.2) is 0 Å². The maximum Gasteiger partial charge on any atom is 0.325 e. The van der Waals surface area contributed by atoms with E-state index in [1.54, 1.807) is 0 Å². The minimum Gasteiger partial charge on any atom is -0.468 e. The van der Waals surface area contributed by atoms with Crippen molar-refractivity contribution in [3.8, 4) is 0 Å². The lowest BCUT2D eigenvalue weighted by Crippen LogP contribution is -2.51. The Morgan fingerprint density at radius 2 is 2.11 bits per heavy atom. The van der Waals surface area contributed by atoms with E-state index in [1.165, 1.54) is 20.0 Å². The first-order chi connectivity index (χ1) is 8.48. The average molecular weight is 254 g/mol. The Morgan fingerprint density at radius 3 is 2.78 bits per heavy atom. The molecule has 2 N–H and O–H groups in total. The van der Waals surface area contributed by atoms with Gasteiger partial charge in [0.05, 0.1) is 7.11 Å². The van der Waals surface area contributed by atoms with E-state index in [-0.39, 0.29) is 5.97 Å². The quantitative estimate of drug-likeness (QED) is 0.759. The van der Waals surface area contributed by atoms with Crippen LogP contribution in [0.2, 0.25) is 0 Å². The fourth-order valence-electron chi connectivity index (χ4n) is 3.60. The fraction of sp³-hybridized carbons (Fsp3) is 0.929. The summed E-state index contributed by atoms with van der Waals surface area (Å²) in [6.07, 6.45) is 5.09. The summed E-state index contributed by atoms with van der Waals surface area (Å²) in [6, 6.07) is 1.05.